The monoisotopic (exact) mass is 371 g/mol. The molecule has 0 saturated heterocycles. The summed E-state index contributed by atoms with van der Waals surface area (Å²) >= 11 is 0. The van der Waals surface area contributed by atoms with Crippen molar-refractivity contribution in [3.05, 3.63) is 58.9 Å². The molecule has 5 heteroatoms. The van der Waals surface area contributed by atoms with E-state index in [9.17, 15) is 9.18 Å². The predicted molar refractivity (Wildman–Crippen MR) is 104 cm³/mol. The number of fused-ring (bicyclic) bond motifs is 1. The van der Waals surface area contributed by atoms with Crippen LogP contribution in [0.2, 0.25) is 0 Å². The van der Waals surface area contributed by atoms with Gasteiger partial charge in [0.2, 0.25) is 0 Å². The Bertz CT molecular complexity index is 806. The van der Waals surface area contributed by atoms with Gasteiger partial charge >= 0.3 is 5.97 Å². The molecular weight excluding hydrogens is 345 g/mol. The van der Waals surface area contributed by atoms with Crippen molar-refractivity contribution in [3.8, 4) is 5.75 Å². The largest absolute Gasteiger partial charge is 0.489 e. The highest BCUT2D eigenvalue weighted by molar-refractivity contribution is 5.67. The first-order valence-corrected chi connectivity index (χ1v) is 9.56. The van der Waals surface area contributed by atoms with Gasteiger partial charge in [-0.15, -0.1) is 0 Å². The second-order valence-corrected chi connectivity index (χ2v) is 6.99. The Hall–Kier alpha value is -2.56. The molecule has 27 heavy (non-hydrogen) atoms. The molecule has 0 amide bonds. The van der Waals surface area contributed by atoms with Crippen molar-refractivity contribution < 1.29 is 19.0 Å². The van der Waals surface area contributed by atoms with Crippen LogP contribution in [-0.2, 0) is 24.2 Å². The van der Waals surface area contributed by atoms with Crippen molar-refractivity contribution in [2.24, 2.45) is 0 Å². The summed E-state index contributed by atoms with van der Waals surface area (Å²) in [7, 11) is 0. The highest BCUT2D eigenvalue weighted by Gasteiger charge is 2.16. The fraction of sp³-hybridized carbons (Fsp3) is 0.409. The Morgan fingerprint density at radius 1 is 1.26 bits per heavy atom. The third-order valence-corrected chi connectivity index (χ3v) is 4.90. The molecule has 0 saturated carbocycles. The lowest BCUT2D eigenvalue weighted by atomic mass is 9.99. The number of carboxylic acids is 1. The lowest BCUT2D eigenvalue weighted by Crippen LogP contribution is -2.30. The molecular formula is C22H26FNO3. The molecule has 0 unspecified atom stereocenters. The zero-order chi connectivity index (χ0) is 19.2. The molecule has 0 fully saturated rings. The SMILES string of the molecule is CCCN1CCCc2ccc(COc3ccc(CCC(=O)O)c(F)c3)cc21. The number of hydrogen-bond donors (Lipinski definition) is 1. The summed E-state index contributed by atoms with van der Waals surface area (Å²) in [5.41, 5.74) is 4.13. The second kappa shape index (κ2) is 8.89. The molecule has 0 atom stereocenters. The van der Waals surface area contributed by atoms with E-state index >= 15 is 0 Å². The second-order valence-electron chi connectivity index (χ2n) is 6.99. The van der Waals surface area contributed by atoms with Crippen LogP contribution in [0.5, 0.6) is 5.75 Å². The van der Waals surface area contributed by atoms with Gasteiger partial charge in [0.25, 0.3) is 0 Å². The van der Waals surface area contributed by atoms with Gasteiger partial charge in [-0.05, 0) is 54.5 Å². The van der Waals surface area contributed by atoms with Crippen LogP contribution < -0.4 is 9.64 Å². The zero-order valence-corrected chi connectivity index (χ0v) is 15.7. The van der Waals surface area contributed by atoms with Crippen molar-refractivity contribution in [2.75, 3.05) is 18.0 Å². The van der Waals surface area contributed by atoms with Gasteiger partial charge in [0.1, 0.15) is 18.2 Å². The molecule has 1 N–H and O–H groups in total. The average Bonchev–Trinajstić information content (AvgIpc) is 2.66. The first-order valence-electron chi connectivity index (χ1n) is 9.56. The van der Waals surface area contributed by atoms with E-state index in [0.29, 0.717) is 17.9 Å². The predicted octanol–water partition coefficient (Wildman–Crippen LogP) is 4.58. The van der Waals surface area contributed by atoms with Gasteiger partial charge in [-0.3, -0.25) is 4.79 Å². The van der Waals surface area contributed by atoms with Crippen LogP contribution in [0.3, 0.4) is 0 Å². The number of ether oxygens (including phenoxy) is 1. The van der Waals surface area contributed by atoms with E-state index < -0.39 is 11.8 Å². The average molecular weight is 371 g/mol. The summed E-state index contributed by atoms with van der Waals surface area (Å²) < 4.78 is 19.9. The number of carbonyl (C=O) groups is 1. The van der Waals surface area contributed by atoms with Crippen molar-refractivity contribution in [1.82, 2.24) is 0 Å². The number of aliphatic carboxylic acids is 1. The zero-order valence-electron chi connectivity index (χ0n) is 15.7. The van der Waals surface area contributed by atoms with Crippen molar-refractivity contribution in [2.45, 2.75) is 45.6 Å². The van der Waals surface area contributed by atoms with Gasteiger partial charge < -0.3 is 14.7 Å². The first kappa shape index (κ1) is 19.2. The van der Waals surface area contributed by atoms with E-state index in [1.54, 1.807) is 12.1 Å². The van der Waals surface area contributed by atoms with Crippen LogP contribution in [-0.4, -0.2) is 24.2 Å². The number of halogens is 1. The lowest BCUT2D eigenvalue weighted by molar-refractivity contribution is -0.136. The standard InChI is InChI=1S/C22H26FNO3/c1-2-11-24-12-3-4-18-6-5-16(13-21(18)24)15-27-19-9-7-17(20(23)14-19)8-10-22(25)26/h5-7,9,13-14H,2-4,8,10-12,15H2,1H3,(H,25,26). The van der Waals surface area contributed by atoms with E-state index in [0.717, 1.165) is 31.5 Å². The van der Waals surface area contributed by atoms with Gasteiger partial charge in [0, 0.05) is 31.3 Å². The van der Waals surface area contributed by atoms with Crippen molar-refractivity contribution in [3.63, 3.8) is 0 Å². The van der Waals surface area contributed by atoms with Crippen molar-refractivity contribution in [1.29, 1.82) is 0 Å². The van der Waals surface area contributed by atoms with Crippen LogP contribution in [0, 0.1) is 5.82 Å². The summed E-state index contributed by atoms with van der Waals surface area (Å²) in [6.45, 7) is 4.71. The van der Waals surface area contributed by atoms with E-state index in [4.69, 9.17) is 9.84 Å². The number of benzene rings is 2. The Morgan fingerprint density at radius 3 is 2.85 bits per heavy atom. The van der Waals surface area contributed by atoms with E-state index in [2.05, 4.69) is 30.0 Å². The maximum atomic E-state index is 14.1. The lowest BCUT2D eigenvalue weighted by Gasteiger charge is -2.31. The number of aryl methyl sites for hydroxylation is 2. The maximum absolute atomic E-state index is 14.1. The molecule has 0 radical (unpaired) electrons. The van der Waals surface area contributed by atoms with Crippen LogP contribution in [0.25, 0.3) is 0 Å². The maximum Gasteiger partial charge on any atom is 0.303 e. The summed E-state index contributed by atoms with van der Waals surface area (Å²) in [4.78, 5) is 13.1. The number of nitrogens with zero attached hydrogens (tertiary/aromatic N) is 1. The van der Waals surface area contributed by atoms with Crippen LogP contribution >= 0.6 is 0 Å². The van der Waals surface area contributed by atoms with Gasteiger partial charge in [-0.25, -0.2) is 4.39 Å². The molecule has 144 valence electrons. The molecule has 0 spiro atoms. The van der Waals surface area contributed by atoms with Gasteiger partial charge in [-0.2, -0.15) is 0 Å². The Balaban J connectivity index is 1.65. The van der Waals surface area contributed by atoms with E-state index in [-0.39, 0.29) is 12.8 Å². The third kappa shape index (κ3) is 5.00. The van der Waals surface area contributed by atoms with Crippen LogP contribution in [0.4, 0.5) is 10.1 Å². The van der Waals surface area contributed by atoms with Crippen LogP contribution in [0.1, 0.15) is 42.9 Å². The van der Waals surface area contributed by atoms with Crippen LogP contribution in [0.15, 0.2) is 36.4 Å². The number of hydrogen-bond acceptors (Lipinski definition) is 3. The fourth-order valence-corrected chi connectivity index (χ4v) is 3.52. The minimum atomic E-state index is -0.931. The van der Waals surface area contributed by atoms with Gasteiger partial charge in [0.05, 0.1) is 0 Å². The van der Waals surface area contributed by atoms with E-state index in [1.807, 2.05) is 0 Å². The molecule has 0 aromatic heterocycles. The molecule has 0 bridgehead atoms. The van der Waals surface area contributed by atoms with E-state index in [1.165, 1.54) is 23.7 Å². The molecule has 0 aliphatic carbocycles. The molecule has 1 heterocycles. The number of anilines is 1. The molecule has 1 aliphatic rings. The smallest absolute Gasteiger partial charge is 0.303 e. The number of rotatable bonds is 8. The van der Waals surface area contributed by atoms with Gasteiger partial charge in [-0.1, -0.05) is 25.1 Å². The van der Waals surface area contributed by atoms with Crippen molar-refractivity contribution >= 4 is 11.7 Å². The summed E-state index contributed by atoms with van der Waals surface area (Å²) in [5.74, 6) is -0.901. The molecule has 2 aromatic rings. The normalized spacial score (nSPS) is 13.3. The third-order valence-electron chi connectivity index (χ3n) is 4.90. The summed E-state index contributed by atoms with van der Waals surface area (Å²) in [6.07, 6.45) is 3.52. The fourth-order valence-electron chi connectivity index (χ4n) is 3.52. The molecule has 2 aromatic carbocycles. The first-order chi connectivity index (χ1) is 13.1. The highest BCUT2D eigenvalue weighted by Crippen LogP contribution is 2.29. The van der Waals surface area contributed by atoms with Gasteiger partial charge in [0.15, 0.2) is 0 Å². The number of carboxylic acid groups (broad SMARTS) is 1. The minimum Gasteiger partial charge on any atom is -0.489 e. The Morgan fingerprint density at radius 2 is 2.11 bits per heavy atom. The Kier molecular flexibility index (Phi) is 6.32. The summed E-state index contributed by atoms with van der Waals surface area (Å²) in [5, 5.41) is 8.72. The highest BCUT2D eigenvalue weighted by atomic mass is 19.1. The molecule has 1 aliphatic heterocycles. The molecule has 3 rings (SSSR count). The topological polar surface area (TPSA) is 49.8 Å². The Labute approximate surface area is 159 Å². The summed E-state index contributed by atoms with van der Waals surface area (Å²) in [6, 6.07) is 11.1. The minimum absolute atomic E-state index is 0.0828. The molecule has 4 nitrogen and oxygen atoms in total. The quantitative estimate of drug-likeness (QED) is 0.738.